The summed E-state index contributed by atoms with van der Waals surface area (Å²) in [5, 5.41) is 3.26. The number of aryl methyl sites for hydroxylation is 2. The normalized spacial score (nSPS) is 15.6. The van der Waals surface area contributed by atoms with E-state index in [0.29, 0.717) is 62.5 Å². The number of amides is 3. The van der Waals surface area contributed by atoms with Gasteiger partial charge in [0.2, 0.25) is 0 Å². The molecule has 6 rings (SSSR count). The van der Waals surface area contributed by atoms with Crippen LogP contribution in [0.1, 0.15) is 38.8 Å². The van der Waals surface area contributed by atoms with Crippen LogP contribution in [0.25, 0.3) is 9.69 Å². The van der Waals surface area contributed by atoms with Gasteiger partial charge in [-0.1, -0.05) is 12.1 Å². The van der Waals surface area contributed by atoms with Crippen molar-refractivity contribution >= 4 is 98.3 Å². The molecule has 3 N–H and O–H groups in total. The number of nitrogens with one attached hydrogen (secondary N) is 1. The lowest BCUT2D eigenvalue weighted by Crippen LogP contribution is -2.44. The Labute approximate surface area is 348 Å². The first-order chi connectivity index (χ1) is 27.3. The summed E-state index contributed by atoms with van der Waals surface area (Å²) < 4.78 is 5.11. The molecule has 4 aromatic rings. The number of carbonyl (C=O) groups excluding carboxylic acids is 3. The minimum Gasteiger partial charge on any atom is -0.448 e. The Morgan fingerprint density at radius 1 is 0.776 bits per heavy atom. The van der Waals surface area contributed by atoms with Crippen molar-refractivity contribution in [2.24, 2.45) is 0 Å². The summed E-state index contributed by atoms with van der Waals surface area (Å²) in [7, 11) is 3.78. The monoisotopic (exact) mass is 817 g/mol. The van der Waals surface area contributed by atoms with Gasteiger partial charge in [-0.3, -0.25) is 24.7 Å². The predicted molar refractivity (Wildman–Crippen MR) is 235 cm³/mol. The highest BCUT2D eigenvalue weighted by molar-refractivity contribution is 7.81. The van der Waals surface area contributed by atoms with Gasteiger partial charge < -0.3 is 25.2 Å². The lowest BCUT2D eigenvalue weighted by atomic mass is 10.0. The van der Waals surface area contributed by atoms with Gasteiger partial charge in [0.25, 0.3) is 11.8 Å². The SMILES string of the molecule is [C-]#[N+]c1ccc(N2C(=O)C(C)(C)N(c3ccc(N)nc3)C2=S)cc1C.[C-]#[N+]c1ccc(N2C(=O)C(C)(C)N(c3ccc(NC(=O)OCCN(C)C)nc3)C2=S)cc1C. The van der Waals surface area contributed by atoms with Gasteiger partial charge in [0.15, 0.2) is 21.6 Å². The van der Waals surface area contributed by atoms with E-state index in [-0.39, 0.29) is 18.4 Å². The van der Waals surface area contributed by atoms with Crippen LogP contribution in [-0.2, 0) is 14.3 Å². The fourth-order valence-electron chi connectivity index (χ4n) is 6.30. The Morgan fingerprint density at radius 2 is 1.22 bits per heavy atom. The number of likely N-dealkylation sites (N-methyl/N-ethyl adjacent to an activating group) is 1. The van der Waals surface area contributed by atoms with Crippen molar-refractivity contribution in [3.05, 3.63) is 107 Å². The van der Waals surface area contributed by atoms with Crippen LogP contribution in [0.15, 0.2) is 73.1 Å². The van der Waals surface area contributed by atoms with Crippen LogP contribution in [0.2, 0.25) is 0 Å². The molecule has 4 heterocycles. The largest absolute Gasteiger partial charge is 0.448 e. The van der Waals surface area contributed by atoms with E-state index >= 15 is 0 Å². The summed E-state index contributed by atoms with van der Waals surface area (Å²) in [5.74, 6) is 0.406. The van der Waals surface area contributed by atoms with Gasteiger partial charge in [0.1, 0.15) is 29.3 Å². The minimum atomic E-state index is -0.953. The second-order valence-electron chi connectivity index (χ2n) is 14.7. The van der Waals surface area contributed by atoms with E-state index in [1.54, 1.807) is 96.7 Å². The maximum absolute atomic E-state index is 13.3. The lowest BCUT2D eigenvalue weighted by Gasteiger charge is -2.29. The summed E-state index contributed by atoms with van der Waals surface area (Å²) in [6.45, 7) is 26.1. The lowest BCUT2D eigenvalue weighted by molar-refractivity contribution is -0.121. The maximum Gasteiger partial charge on any atom is 0.412 e. The van der Waals surface area contributed by atoms with Crippen LogP contribution < -0.4 is 30.7 Å². The molecule has 2 saturated heterocycles. The molecule has 58 heavy (non-hydrogen) atoms. The number of pyridine rings is 2. The van der Waals surface area contributed by atoms with Crippen molar-refractivity contribution in [2.45, 2.75) is 52.6 Å². The van der Waals surface area contributed by atoms with Crippen molar-refractivity contribution in [2.75, 3.05) is 57.9 Å². The number of hydrogen-bond donors (Lipinski definition) is 2. The smallest absolute Gasteiger partial charge is 0.412 e. The molecule has 0 saturated carbocycles. The third kappa shape index (κ3) is 8.42. The van der Waals surface area contributed by atoms with E-state index < -0.39 is 17.2 Å². The molecular weight excluding hydrogens is 775 g/mol. The number of hydrogen-bond acceptors (Lipinski definition) is 10. The molecule has 2 aliphatic heterocycles. The van der Waals surface area contributed by atoms with Crippen molar-refractivity contribution in [1.82, 2.24) is 14.9 Å². The summed E-state index contributed by atoms with van der Waals surface area (Å²) >= 11 is 11.3. The van der Waals surface area contributed by atoms with E-state index in [4.69, 9.17) is 48.1 Å². The Kier molecular flexibility index (Phi) is 12.4. The molecule has 0 spiro atoms. The molecule has 298 valence electrons. The summed E-state index contributed by atoms with van der Waals surface area (Å²) in [4.78, 5) is 62.0. The van der Waals surface area contributed by atoms with Crippen LogP contribution in [0.5, 0.6) is 0 Å². The Balaban J connectivity index is 0.000000229. The molecule has 0 aliphatic carbocycles. The zero-order chi connectivity index (χ0) is 42.7. The highest BCUT2D eigenvalue weighted by atomic mass is 32.1. The van der Waals surface area contributed by atoms with Crippen LogP contribution in [-0.4, -0.2) is 81.3 Å². The van der Waals surface area contributed by atoms with Gasteiger partial charge in [-0.2, -0.15) is 0 Å². The third-order valence-corrected chi connectivity index (χ3v) is 10.2. The second-order valence-corrected chi connectivity index (χ2v) is 15.4. The molecule has 0 unspecified atom stereocenters. The summed E-state index contributed by atoms with van der Waals surface area (Å²) in [6, 6.07) is 17.3. The number of ether oxygens (including phenoxy) is 1. The molecule has 0 bridgehead atoms. The fourth-order valence-corrected chi connectivity index (χ4v) is 7.35. The van der Waals surface area contributed by atoms with Gasteiger partial charge in [-0.25, -0.2) is 24.5 Å². The van der Waals surface area contributed by atoms with E-state index in [9.17, 15) is 14.4 Å². The number of nitrogens with two attached hydrogens (primary N) is 1. The predicted octanol–water partition coefficient (Wildman–Crippen LogP) is 7.41. The molecule has 15 nitrogen and oxygen atoms in total. The van der Waals surface area contributed by atoms with Crippen molar-refractivity contribution in [3.8, 4) is 0 Å². The first kappa shape index (κ1) is 42.6. The van der Waals surface area contributed by atoms with E-state index in [1.165, 1.54) is 9.80 Å². The van der Waals surface area contributed by atoms with Gasteiger partial charge in [0, 0.05) is 17.9 Å². The number of rotatable bonds is 8. The van der Waals surface area contributed by atoms with Crippen LogP contribution >= 0.6 is 24.4 Å². The average molecular weight is 818 g/mol. The zero-order valence-corrected chi connectivity index (χ0v) is 35.0. The fraction of sp³-hybridized carbons (Fsp3) is 0.293. The molecule has 2 aromatic carbocycles. The van der Waals surface area contributed by atoms with Crippen molar-refractivity contribution in [1.29, 1.82) is 0 Å². The molecule has 0 radical (unpaired) electrons. The standard InChI is InChI=1S/C23H26N6O3S.C18H17N5OS/c1-15-13-16(7-9-18(15)24-4)28-20(30)23(2,3)29(22(28)33)17-8-10-19(25-14-17)26-21(31)32-12-11-27(5)6;1-11-9-12(5-7-14(11)20-4)22-16(24)18(2,3)23(17(22)25)13-6-8-15(19)21-10-13/h7-10,13-14H,11-12H2,1-3,5-6H3,(H,25,26,31);5-10H,1-3H3,(H2,19,21). The van der Waals surface area contributed by atoms with Crippen LogP contribution in [0.4, 0.5) is 50.6 Å². The van der Waals surface area contributed by atoms with Crippen molar-refractivity contribution in [3.63, 3.8) is 0 Å². The number of carbonyl (C=O) groups is 3. The molecular formula is C41H43N11O4S2. The van der Waals surface area contributed by atoms with Gasteiger partial charge >= 0.3 is 6.09 Å². The molecule has 3 amide bonds. The second kappa shape index (κ2) is 16.9. The molecule has 2 fully saturated rings. The van der Waals surface area contributed by atoms with E-state index in [0.717, 1.165) is 11.1 Å². The highest BCUT2D eigenvalue weighted by Gasteiger charge is 2.51. The molecule has 17 heteroatoms. The summed E-state index contributed by atoms with van der Waals surface area (Å²) in [6.07, 6.45) is 2.56. The Morgan fingerprint density at radius 3 is 1.60 bits per heavy atom. The number of anilines is 6. The quantitative estimate of drug-likeness (QED) is 0.135. The number of nitrogens with zero attached hydrogens (tertiary/aromatic N) is 9. The average Bonchev–Trinajstić information content (AvgIpc) is 3.46. The van der Waals surface area contributed by atoms with E-state index in [2.05, 4.69) is 25.0 Å². The number of benzene rings is 2. The number of aromatic nitrogens is 2. The van der Waals surface area contributed by atoms with Crippen LogP contribution in [0.3, 0.4) is 0 Å². The number of thiocarbonyl (C=S) groups is 2. The third-order valence-electron chi connectivity index (χ3n) is 9.49. The zero-order valence-electron chi connectivity index (χ0n) is 33.4. The van der Waals surface area contributed by atoms with Gasteiger partial charge in [-0.05, 0) is 140 Å². The molecule has 0 atom stereocenters. The van der Waals surface area contributed by atoms with Crippen molar-refractivity contribution < 1.29 is 19.1 Å². The highest BCUT2D eigenvalue weighted by Crippen LogP contribution is 2.39. The summed E-state index contributed by atoms with van der Waals surface area (Å²) in [5.41, 5.74) is 9.07. The first-order valence-corrected chi connectivity index (χ1v) is 18.7. The molecule has 2 aliphatic rings. The Hall–Kier alpha value is -6.53. The Bertz CT molecular complexity index is 2370. The topological polar surface area (TPSA) is 149 Å². The maximum atomic E-state index is 13.3. The van der Waals surface area contributed by atoms with Gasteiger partial charge in [0.05, 0.1) is 36.9 Å². The van der Waals surface area contributed by atoms with E-state index in [1.807, 2.05) is 46.7 Å². The van der Waals surface area contributed by atoms with Gasteiger partial charge in [-0.15, -0.1) is 0 Å². The number of nitrogen functional groups attached to an aromatic ring is 1. The van der Waals surface area contributed by atoms with Crippen LogP contribution in [0, 0.1) is 27.0 Å². The molecule has 2 aromatic heterocycles. The first-order valence-electron chi connectivity index (χ1n) is 17.9. The minimum absolute atomic E-state index is 0.135.